The molecule has 0 saturated carbocycles. The van der Waals surface area contributed by atoms with Gasteiger partial charge in [0.1, 0.15) is 5.76 Å². The van der Waals surface area contributed by atoms with Crippen LogP contribution in [0.5, 0.6) is 11.5 Å². The standard InChI is InChI=1S/C21H17N3O4/c1-26-18-10-9-14(12-19(18)27-2)20-23-17-8-4-3-7-16(17)21(25)24(20)22-13-15-6-5-11-28-15/h3-13H,1-2H3. The molecule has 0 bridgehead atoms. The van der Waals surface area contributed by atoms with Crippen LogP contribution in [0, 0.1) is 0 Å². The molecule has 4 aromatic rings. The predicted molar refractivity (Wildman–Crippen MR) is 106 cm³/mol. The van der Waals surface area contributed by atoms with E-state index in [0.29, 0.717) is 39.6 Å². The summed E-state index contributed by atoms with van der Waals surface area (Å²) < 4.78 is 17.2. The maximum Gasteiger partial charge on any atom is 0.282 e. The highest BCUT2D eigenvalue weighted by atomic mass is 16.5. The highest BCUT2D eigenvalue weighted by Gasteiger charge is 2.14. The molecule has 0 aliphatic rings. The average Bonchev–Trinajstić information content (AvgIpc) is 3.26. The van der Waals surface area contributed by atoms with Crippen LogP contribution in [-0.2, 0) is 0 Å². The highest BCUT2D eigenvalue weighted by molar-refractivity contribution is 5.81. The molecule has 0 aliphatic heterocycles. The average molecular weight is 375 g/mol. The van der Waals surface area contributed by atoms with Crippen molar-refractivity contribution in [3.8, 4) is 22.9 Å². The first-order chi connectivity index (χ1) is 13.7. The van der Waals surface area contributed by atoms with E-state index in [4.69, 9.17) is 13.9 Å². The number of methoxy groups -OCH3 is 2. The van der Waals surface area contributed by atoms with E-state index in [-0.39, 0.29) is 5.56 Å². The van der Waals surface area contributed by atoms with Gasteiger partial charge in [0.2, 0.25) is 0 Å². The third-order valence-corrected chi connectivity index (χ3v) is 4.24. The van der Waals surface area contributed by atoms with Crippen LogP contribution < -0.4 is 15.0 Å². The van der Waals surface area contributed by atoms with E-state index in [1.165, 1.54) is 17.2 Å². The van der Waals surface area contributed by atoms with Crippen molar-refractivity contribution in [1.29, 1.82) is 0 Å². The molecule has 0 N–H and O–H groups in total. The Bertz CT molecular complexity index is 1210. The molecule has 7 heteroatoms. The Morgan fingerprint density at radius 3 is 2.61 bits per heavy atom. The van der Waals surface area contributed by atoms with Crippen LogP contribution in [0.4, 0.5) is 0 Å². The molecule has 0 unspecified atom stereocenters. The van der Waals surface area contributed by atoms with E-state index >= 15 is 0 Å². The number of aromatic nitrogens is 2. The Morgan fingerprint density at radius 1 is 1.04 bits per heavy atom. The Balaban J connectivity index is 1.96. The molecule has 2 heterocycles. The normalized spacial score (nSPS) is 11.2. The zero-order valence-electron chi connectivity index (χ0n) is 15.3. The predicted octanol–water partition coefficient (Wildman–Crippen LogP) is 3.56. The lowest BCUT2D eigenvalue weighted by atomic mass is 10.1. The number of rotatable bonds is 5. The number of benzene rings is 2. The quantitative estimate of drug-likeness (QED) is 0.499. The SMILES string of the molecule is COc1ccc(-c2nc3ccccc3c(=O)n2N=Cc2ccco2)cc1OC. The van der Waals surface area contributed by atoms with Gasteiger partial charge in [0.05, 0.1) is 37.6 Å². The third kappa shape index (κ3) is 3.14. The summed E-state index contributed by atoms with van der Waals surface area (Å²) in [6, 6.07) is 16.0. The fraction of sp³-hybridized carbons (Fsp3) is 0.0952. The maximum absolute atomic E-state index is 13.1. The topological polar surface area (TPSA) is 78.9 Å². The maximum atomic E-state index is 13.1. The summed E-state index contributed by atoms with van der Waals surface area (Å²) in [5.41, 5.74) is 0.969. The molecule has 4 rings (SSSR count). The molecule has 0 saturated heterocycles. The molecule has 0 atom stereocenters. The van der Waals surface area contributed by atoms with E-state index in [1.807, 2.05) is 6.07 Å². The van der Waals surface area contributed by atoms with Crippen LogP contribution in [-0.4, -0.2) is 30.1 Å². The molecule has 28 heavy (non-hydrogen) atoms. The number of para-hydroxylation sites is 1. The molecular formula is C21H17N3O4. The van der Waals surface area contributed by atoms with Crippen molar-refractivity contribution in [1.82, 2.24) is 9.66 Å². The minimum absolute atomic E-state index is 0.279. The third-order valence-electron chi connectivity index (χ3n) is 4.24. The lowest BCUT2D eigenvalue weighted by molar-refractivity contribution is 0.355. The van der Waals surface area contributed by atoms with Gasteiger partial charge in [-0.15, -0.1) is 0 Å². The van der Waals surface area contributed by atoms with E-state index in [1.54, 1.807) is 62.8 Å². The van der Waals surface area contributed by atoms with Gasteiger partial charge in [-0.2, -0.15) is 9.78 Å². The summed E-state index contributed by atoms with van der Waals surface area (Å²) in [6.07, 6.45) is 3.01. The summed E-state index contributed by atoms with van der Waals surface area (Å²) in [5.74, 6) is 2.02. The number of ether oxygens (including phenoxy) is 2. The second-order valence-electron chi connectivity index (χ2n) is 5.90. The first kappa shape index (κ1) is 17.5. The summed E-state index contributed by atoms with van der Waals surface area (Å²) >= 11 is 0. The zero-order valence-corrected chi connectivity index (χ0v) is 15.3. The van der Waals surface area contributed by atoms with Crippen LogP contribution in [0.2, 0.25) is 0 Å². The Morgan fingerprint density at radius 2 is 1.86 bits per heavy atom. The van der Waals surface area contributed by atoms with Crippen LogP contribution >= 0.6 is 0 Å². The van der Waals surface area contributed by atoms with Crippen molar-refractivity contribution in [2.24, 2.45) is 5.10 Å². The molecule has 0 amide bonds. The van der Waals surface area contributed by atoms with Gasteiger partial charge < -0.3 is 13.9 Å². The van der Waals surface area contributed by atoms with Gasteiger partial charge in [0.25, 0.3) is 5.56 Å². The first-order valence-corrected chi connectivity index (χ1v) is 8.53. The van der Waals surface area contributed by atoms with Crippen LogP contribution in [0.15, 0.2) is 75.2 Å². The molecule has 7 nitrogen and oxygen atoms in total. The summed E-state index contributed by atoms with van der Waals surface area (Å²) in [6.45, 7) is 0. The molecule has 2 aromatic carbocycles. The second kappa shape index (κ2) is 7.40. The van der Waals surface area contributed by atoms with Crippen LogP contribution in [0.1, 0.15) is 5.76 Å². The Hall–Kier alpha value is -3.87. The Labute approximate surface area is 160 Å². The monoisotopic (exact) mass is 375 g/mol. The molecular weight excluding hydrogens is 358 g/mol. The van der Waals surface area contributed by atoms with E-state index in [9.17, 15) is 4.79 Å². The van der Waals surface area contributed by atoms with Gasteiger partial charge in [0.15, 0.2) is 17.3 Å². The second-order valence-corrected chi connectivity index (χ2v) is 5.90. The molecule has 2 aromatic heterocycles. The number of hydrogen-bond acceptors (Lipinski definition) is 6. The van der Waals surface area contributed by atoms with Gasteiger partial charge in [-0.25, -0.2) is 4.98 Å². The lowest BCUT2D eigenvalue weighted by Gasteiger charge is -2.12. The largest absolute Gasteiger partial charge is 0.493 e. The minimum Gasteiger partial charge on any atom is -0.493 e. The summed E-state index contributed by atoms with van der Waals surface area (Å²) in [5, 5.41) is 4.80. The Kier molecular flexibility index (Phi) is 4.63. The first-order valence-electron chi connectivity index (χ1n) is 8.53. The van der Waals surface area contributed by atoms with Crippen molar-refractivity contribution >= 4 is 17.1 Å². The summed E-state index contributed by atoms with van der Waals surface area (Å²) in [4.78, 5) is 17.7. The zero-order chi connectivity index (χ0) is 19.5. The minimum atomic E-state index is -0.279. The van der Waals surface area contributed by atoms with Gasteiger partial charge in [0, 0.05) is 5.56 Å². The molecule has 0 spiro atoms. The van der Waals surface area contributed by atoms with Crippen molar-refractivity contribution in [3.05, 3.63) is 77.0 Å². The fourth-order valence-electron chi connectivity index (χ4n) is 2.87. The fourth-order valence-corrected chi connectivity index (χ4v) is 2.87. The number of furan rings is 1. The molecule has 0 fully saturated rings. The van der Waals surface area contributed by atoms with E-state index in [0.717, 1.165) is 0 Å². The van der Waals surface area contributed by atoms with Crippen molar-refractivity contribution in [3.63, 3.8) is 0 Å². The number of nitrogens with zero attached hydrogens (tertiary/aromatic N) is 3. The highest BCUT2D eigenvalue weighted by Crippen LogP contribution is 2.31. The molecule has 0 radical (unpaired) electrons. The van der Waals surface area contributed by atoms with Crippen molar-refractivity contribution < 1.29 is 13.9 Å². The molecule has 0 aliphatic carbocycles. The van der Waals surface area contributed by atoms with Gasteiger partial charge in [-0.1, -0.05) is 12.1 Å². The van der Waals surface area contributed by atoms with Crippen LogP contribution in [0.3, 0.4) is 0 Å². The smallest absolute Gasteiger partial charge is 0.282 e. The van der Waals surface area contributed by atoms with Crippen molar-refractivity contribution in [2.45, 2.75) is 0 Å². The number of hydrogen-bond donors (Lipinski definition) is 0. The number of fused-ring (bicyclic) bond motifs is 1. The van der Waals surface area contributed by atoms with E-state index < -0.39 is 0 Å². The van der Waals surface area contributed by atoms with E-state index in [2.05, 4.69) is 10.1 Å². The van der Waals surface area contributed by atoms with Gasteiger partial charge >= 0.3 is 0 Å². The lowest BCUT2D eigenvalue weighted by Crippen LogP contribution is -2.20. The molecule has 140 valence electrons. The van der Waals surface area contributed by atoms with Crippen LogP contribution in [0.25, 0.3) is 22.3 Å². The summed E-state index contributed by atoms with van der Waals surface area (Å²) in [7, 11) is 3.12. The van der Waals surface area contributed by atoms with Crippen molar-refractivity contribution in [2.75, 3.05) is 14.2 Å². The van der Waals surface area contributed by atoms with Gasteiger partial charge in [-0.05, 0) is 42.5 Å². The van der Waals surface area contributed by atoms with Gasteiger partial charge in [-0.3, -0.25) is 4.79 Å².